The summed E-state index contributed by atoms with van der Waals surface area (Å²) in [5.74, 6) is -0.156. The molecule has 0 radical (unpaired) electrons. The SMILES string of the molecule is O=C(O)C1C(C(=O)C#CO)N(Cc2ccccc2)C(=O)N1Cc1ccccc1. The van der Waals surface area contributed by atoms with E-state index in [2.05, 4.69) is 0 Å². The van der Waals surface area contributed by atoms with Crippen LogP contribution in [-0.2, 0) is 22.7 Å². The molecule has 2 N–H and O–H groups in total. The zero-order valence-electron chi connectivity index (χ0n) is 14.9. The van der Waals surface area contributed by atoms with E-state index in [-0.39, 0.29) is 13.1 Å². The van der Waals surface area contributed by atoms with Gasteiger partial charge in [0.1, 0.15) is 12.1 Å². The second kappa shape index (κ2) is 8.27. The molecule has 3 rings (SSSR count). The number of aliphatic hydroxyl groups excluding tert-OH is 1. The Morgan fingerprint density at radius 1 is 0.857 bits per heavy atom. The number of aliphatic carboxylic acids is 1. The Morgan fingerprint density at radius 3 is 1.75 bits per heavy atom. The number of aliphatic hydroxyl groups is 1. The van der Waals surface area contributed by atoms with Crippen LogP contribution in [0, 0.1) is 12.0 Å². The minimum atomic E-state index is -1.41. The highest BCUT2D eigenvalue weighted by Crippen LogP contribution is 2.28. The fourth-order valence-electron chi connectivity index (χ4n) is 3.32. The first-order valence-electron chi connectivity index (χ1n) is 8.59. The van der Waals surface area contributed by atoms with E-state index in [4.69, 9.17) is 5.11 Å². The van der Waals surface area contributed by atoms with Crippen LogP contribution in [0.2, 0.25) is 0 Å². The lowest BCUT2D eigenvalue weighted by Gasteiger charge is -2.22. The number of hydrogen-bond acceptors (Lipinski definition) is 4. The number of hydrogen-bond donors (Lipinski definition) is 2. The number of carboxylic acid groups (broad SMARTS) is 1. The molecular formula is C21H18N2O5. The quantitative estimate of drug-likeness (QED) is 0.748. The van der Waals surface area contributed by atoms with Gasteiger partial charge < -0.3 is 20.0 Å². The number of carbonyl (C=O) groups excluding carboxylic acids is 2. The number of benzene rings is 2. The van der Waals surface area contributed by atoms with Gasteiger partial charge in [0.25, 0.3) is 0 Å². The molecule has 0 saturated carbocycles. The first-order chi connectivity index (χ1) is 13.5. The summed E-state index contributed by atoms with van der Waals surface area (Å²) in [6.07, 6.45) is 1.52. The molecule has 2 unspecified atom stereocenters. The standard InChI is InChI=1S/C21H18N2O5/c24-12-11-17(25)18-19(20(26)27)23(14-16-9-5-2-6-10-16)21(28)22(18)13-15-7-3-1-4-8-15/h1-10,18-19,24H,13-14H2,(H,26,27). The number of carboxylic acids is 1. The van der Waals surface area contributed by atoms with Crippen molar-refractivity contribution in [2.75, 3.05) is 0 Å². The van der Waals surface area contributed by atoms with Gasteiger partial charge in [-0.05, 0) is 11.1 Å². The molecule has 1 aliphatic rings. The van der Waals surface area contributed by atoms with Crippen LogP contribution < -0.4 is 0 Å². The maximum Gasteiger partial charge on any atom is 0.329 e. The van der Waals surface area contributed by atoms with Gasteiger partial charge in [-0.15, -0.1) is 0 Å². The third-order valence-corrected chi connectivity index (χ3v) is 4.55. The largest absolute Gasteiger partial charge is 0.480 e. The van der Waals surface area contributed by atoms with E-state index < -0.39 is 29.9 Å². The van der Waals surface area contributed by atoms with Crippen LogP contribution in [0.5, 0.6) is 0 Å². The first kappa shape index (κ1) is 19.0. The summed E-state index contributed by atoms with van der Waals surface area (Å²) >= 11 is 0. The van der Waals surface area contributed by atoms with E-state index in [1.54, 1.807) is 48.5 Å². The molecule has 7 heteroatoms. The van der Waals surface area contributed by atoms with Gasteiger partial charge in [-0.25, -0.2) is 9.59 Å². The Hall–Kier alpha value is -3.79. The summed E-state index contributed by atoms with van der Waals surface area (Å²) in [6, 6.07) is 14.6. The Morgan fingerprint density at radius 2 is 1.32 bits per heavy atom. The third kappa shape index (κ3) is 3.81. The topological polar surface area (TPSA) is 98.1 Å². The van der Waals surface area contributed by atoms with Crippen LogP contribution in [0.15, 0.2) is 60.7 Å². The van der Waals surface area contributed by atoms with Crippen molar-refractivity contribution in [2.45, 2.75) is 25.2 Å². The summed E-state index contributed by atoms with van der Waals surface area (Å²) < 4.78 is 0. The fraction of sp³-hybridized carbons (Fsp3) is 0.190. The van der Waals surface area contributed by atoms with E-state index in [1.807, 2.05) is 18.1 Å². The fourth-order valence-corrected chi connectivity index (χ4v) is 3.32. The highest BCUT2D eigenvalue weighted by molar-refractivity contribution is 6.07. The smallest absolute Gasteiger partial charge is 0.329 e. The Kier molecular flexibility index (Phi) is 5.61. The zero-order chi connectivity index (χ0) is 20.1. The maximum atomic E-state index is 13.1. The lowest BCUT2D eigenvalue weighted by atomic mass is 10.0. The number of urea groups is 1. The van der Waals surface area contributed by atoms with Crippen molar-refractivity contribution in [3.05, 3.63) is 71.8 Å². The Labute approximate surface area is 161 Å². The Bertz CT molecular complexity index is 934. The maximum absolute atomic E-state index is 13.1. The van der Waals surface area contributed by atoms with Crippen LogP contribution in [0.1, 0.15) is 11.1 Å². The van der Waals surface area contributed by atoms with Crippen LogP contribution >= 0.6 is 0 Å². The van der Waals surface area contributed by atoms with E-state index in [0.29, 0.717) is 0 Å². The summed E-state index contributed by atoms with van der Waals surface area (Å²) in [5, 5.41) is 18.6. The summed E-state index contributed by atoms with van der Waals surface area (Å²) in [7, 11) is 0. The van der Waals surface area contributed by atoms with E-state index >= 15 is 0 Å². The molecule has 0 bridgehead atoms. The molecule has 28 heavy (non-hydrogen) atoms. The van der Waals surface area contributed by atoms with Gasteiger partial charge >= 0.3 is 12.0 Å². The molecule has 0 spiro atoms. The molecule has 142 valence electrons. The molecule has 1 saturated heterocycles. The molecule has 7 nitrogen and oxygen atoms in total. The summed E-state index contributed by atoms with van der Waals surface area (Å²) in [6.45, 7) is 0.0938. The minimum Gasteiger partial charge on any atom is -0.480 e. The number of amides is 2. The van der Waals surface area contributed by atoms with Crippen LogP contribution in [-0.4, -0.2) is 49.9 Å². The van der Waals surface area contributed by atoms with E-state index in [1.165, 1.54) is 11.0 Å². The lowest BCUT2D eigenvalue weighted by molar-refractivity contribution is -0.144. The van der Waals surface area contributed by atoms with Crippen molar-refractivity contribution in [1.29, 1.82) is 0 Å². The molecule has 1 heterocycles. The molecule has 1 aliphatic heterocycles. The monoisotopic (exact) mass is 378 g/mol. The predicted octanol–water partition coefficient (Wildman–Crippen LogP) is 1.85. The Balaban J connectivity index is 2.00. The molecule has 2 atom stereocenters. The van der Waals surface area contributed by atoms with Crippen molar-refractivity contribution < 1.29 is 24.6 Å². The van der Waals surface area contributed by atoms with Gasteiger partial charge in [0, 0.05) is 19.0 Å². The molecule has 0 aliphatic carbocycles. The van der Waals surface area contributed by atoms with Crippen LogP contribution in [0.4, 0.5) is 4.79 Å². The highest BCUT2D eigenvalue weighted by atomic mass is 16.4. The normalized spacial score (nSPS) is 18.5. The molecule has 2 aromatic carbocycles. The molecule has 2 aromatic rings. The first-order valence-corrected chi connectivity index (χ1v) is 8.59. The van der Waals surface area contributed by atoms with Crippen molar-refractivity contribution in [3.63, 3.8) is 0 Å². The van der Waals surface area contributed by atoms with Gasteiger partial charge in [-0.3, -0.25) is 4.79 Å². The van der Waals surface area contributed by atoms with Crippen molar-refractivity contribution in [1.82, 2.24) is 9.80 Å². The molecule has 2 amide bonds. The van der Waals surface area contributed by atoms with Gasteiger partial charge in [0.15, 0.2) is 6.04 Å². The van der Waals surface area contributed by atoms with Crippen LogP contribution in [0.25, 0.3) is 0 Å². The number of ketones is 1. The number of rotatable bonds is 6. The zero-order valence-corrected chi connectivity index (χ0v) is 14.9. The second-order valence-corrected chi connectivity index (χ2v) is 6.34. The molecular weight excluding hydrogens is 360 g/mol. The van der Waals surface area contributed by atoms with Gasteiger partial charge in [-0.1, -0.05) is 60.7 Å². The average Bonchev–Trinajstić information content (AvgIpc) is 2.96. The van der Waals surface area contributed by atoms with Gasteiger partial charge in [0.05, 0.1) is 0 Å². The predicted molar refractivity (Wildman–Crippen MR) is 99.3 cm³/mol. The summed E-state index contributed by atoms with van der Waals surface area (Å²) in [5.41, 5.74) is 1.49. The third-order valence-electron chi connectivity index (χ3n) is 4.55. The van der Waals surface area contributed by atoms with E-state index in [9.17, 15) is 19.5 Å². The summed E-state index contributed by atoms with van der Waals surface area (Å²) in [4.78, 5) is 39.9. The van der Waals surface area contributed by atoms with Gasteiger partial charge in [0.2, 0.25) is 5.78 Å². The van der Waals surface area contributed by atoms with Crippen molar-refractivity contribution in [2.24, 2.45) is 0 Å². The molecule has 0 aromatic heterocycles. The molecule has 1 fully saturated rings. The highest BCUT2D eigenvalue weighted by Gasteiger charge is 2.52. The van der Waals surface area contributed by atoms with Crippen molar-refractivity contribution >= 4 is 17.8 Å². The lowest BCUT2D eigenvalue weighted by Crippen LogP contribution is -2.47. The average molecular weight is 378 g/mol. The number of carbonyl (C=O) groups is 3. The van der Waals surface area contributed by atoms with E-state index in [0.717, 1.165) is 16.0 Å². The van der Waals surface area contributed by atoms with Crippen LogP contribution in [0.3, 0.4) is 0 Å². The second-order valence-electron chi connectivity index (χ2n) is 6.34. The van der Waals surface area contributed by atoms with Gasteiger partial charge in [-0.2, -0.15) is 0 Å². The minimum absolute atomic E-state index is 0.0399. The number of Topliss-reactive ketones (excluding diaryl/α,β-unsaturated/α-hetero) is 1. The van der Waals surface area contributed by atoms with Crippen molar-refractivity contribution in [3.8, 4) is 12.0 Å². The number of nitrogens with zero attached hydrogens (tertiary/aromatic N) is 2.